The predicted molar refractivity (Wildman–Crippen MR) is 82.1 cm³/mol. The maximum atomic E-state index is 12.5. The fraction of sp³-hybridized carbons (Fsp3) is 0.333. The van der Waals surface area contributed by atoms with Crippen molar-refractivity contribution in [2.45, 2.75) is 25.4 Å². The first-order valence-electron chi connectivity index (χ1n) is 7.29. The van der Waals surface area contributed by atoms with Gasteiger partial charge >= 0.3 is 6.09 Å². The summed E-state index contributed by atoms with van der Waals surface area (Å²) in [5.41, 5.74) is 0.802. The van der Waals surface area contributed by atoms with Crippen molar-refractivity contribution in [2.75, 3.05) is 12.4 Å². The number of hydrogen-bond acceptors (Lipinski definition) is 5. The molecular formula is C15H17N5O3. The van der Waals surface area contributed by atoms with Gasteiger partial charge in [0.1, 0.15) is 12.2 Å². The Morgan fingerprint density at radius 3 is 3.00 bits per heavy atom. The fourth-order valence-corrected chi connectivity index (χ4v) is 2.57. The van der Waals surface area contributed by atoms with Gasteiger partial charge in [0, 0.05) is 12.5 Å². The number of aryl methyl sites for hydroxylation is 1. The zero-order chi connectivity index (χ0) is 16.2. The number of nitrogens with zero attached hydrogens (tertiary/aromatic N) is 3. The highest BCUT2D eigenvalue weighted by Gasteiger charge is 2.23. The van der Waals surface area contributed by atoms with Crippen molar-refractivity contribution in [1.82, 2.24) is 20.1 Å². The normalized spacial score (nSPS) is 16.3. The number of para-hydroxylation sites is 1. The van der Waals surface area contributed by atoms with E-state index in [2.05, 4.69) is 25.5 Å². The van der Waals surface area contributed by atoms with Crippen LogP contribution >= 0.6 is 0 Å². The Kier molecular flexibility index (Phi) is 4.22. The number of rotatable bonds is 3. The summed E-state index contributed by atoms with van der Waals surface area (Å²) in [5.74, 6) is 0.689. The van der Waals surface area contributed by atoms with Gasteiger partial charge < -0.3 is 10.1 Å². The van der Waals surface area contributed by atoms with Gasteiger partial charge in [-0.05, 0) is 18.6 Å². The van der Waals surface area contributed by atoms with Crippen molar-refractivity contribution in [1.29, 1.82) is 0 Å². The molecule has 1 aliphatic rings. The van der Waals surface area contributed by atoms with Gasteiger partial charge in [-0.15, -0.1) is 0 Å². The van der Waals surface area contributed by atoms with E-state index in [1.807, 2.05) is 0 Å². The molecule has 23 heavy (non-hydrogen) atoms. The Balaban J connectivity index is 1.70. The topological polar surface area (TPSA) is 98.1 Å². The van der Waals surface area contributed by atoms with Gasteiger partial charge in [-0.25, -0.2) is 14.5 Å². The number of carbonyl (C=O) groups excluding carboxylic acids is 2. The molecule has 0 saturated heterocycles. The SMILES string of the molecule is COC(=O)Nc1ccccc1C(=O)NC1CCc2ncnn2C1. The molecule has 1 aliphatic heterocycles. The first kappa shape index (κ1) is 15.0. The molecule has 0 spiro atoms. The van der Waals surface area contributed by atoms with E-state index in [0.29, 0.717) is 17.8 Å². The first-order valence-corrected chi connectivity index (χ1v) is 7.29. The molecule has 8 nitrogen and oxygen atoms in total. The molecule has 120 valence electrons. The highest BCUT2D eigenvalue weighted by Crippen LogP contribution is 2.17. The van der Waals surface area contributed by atoms with Crippen molar-refractivity contribution in [3.05, 3.63) is 42.0 Å². The number of fused-ring (bicyclic) bond motifs is 1. The van der Waals surface area contributed by atoms with Crippen LogP contribution in [0.3, 0.4) is 0 Å². The minimum absolute atomic E-state index is 0.0251. The van der Waals surface area contributed by atoms with Crippen LogP contribution in [-0.4, -0.2) is 39.9 Å². The van der Waals surface area contributed by atoms with Gasteiger partial charge in [0.05, 0.1) is 24.9 Å². The Hall–Kier alpha value is -2.90. The second-order valence-electron chi connectivity index (χ2n) is 5.23. The minimum Gasteiger partial charge on any atom is -0.453 e. The quantitative estimate of drug-likeness (QED) is 0.887. The Bertz CT molecular complexity index is 727. The molecule has 2 heterocycles. The molecule has 1 atom stereocenters. The van der Waals surface area contributed by atoms with E-state index in [0.717, 1.165) is 18.7 Å². The van der Waals surface area contributed by atoms with Crippen LogP contribution < -0.4 is 10.6 Å². The zero-order valence-corrected chi connectivity index (χ0v) is 12.7. The van der Waals surface area contributed by atoms with Crippen molar-refractivity contribution in [3.63, 3.8) is 0 Å². The van der Waals surface area contributed by atoms with Gasteiger partial charge in [-0.3, -0.25) is 10.1 Å². The van der Waals surface area contributed by atoms with Crippen LogP contribution in [0.1, 0.15) is 22.6 Å². The molecule has 0 bridgehead atoms. The van der Waals surface area contributed by atoms with Gasteiger partial charge in [0.2, 0.25) is 0 Å². The van der Waals surface area contributed by atoms with Crippen molar-refractivity contribution in [2.24, 2.45) is 0 Å². The van der Waals surface area contributed by atoms with E-state index in [9.17, 15) is 9.59 Å². The van der Waals surface area contributed by atoms with Crippen LogP contribution in [0.2, 0.25) is 0 Å². The molecule has 2 N–H and O–H groups in total. The van der Waals surface area contributed by atoms with Crippen LogP contribution in [-0.2, 0) is 17.7 Å². The fourth-order valence-electron chi connectivity index (χ4n) is 2.57. The van der Waals surface area contributed by atoms with E-state index in [1.54, 1.807) is 28.9 Å². The van der Waals surface area contributed by atoms with E-state index >= 15 is 0 Å². The zero-order valence-electron chi connectivity index (χ0n) is 12.7. The first-order chi connectivity index (χ1) is 11.2. The summed E-state index contributed by atoms with van der Waals surface area (Å²) in [4.78, 5) is 28.0. The largest absolute Gasteiger partial charge is 0.453 e. The summed E-state index contributed by atoms with van der Waals surface area (Å²) in [6.07, 6.45) is 2.48. The summed E-state index contributed by atoms with van der Waals surface area (Å²) in [7, 11) is 1.27. The maximum Gasteiger partial charge on any atom is 0.411 e. The van der Waals surface area contributed by atoms with Gasteiger partial charge in [0.15, 0.2) is 0 Å². The van der Waals surface area contributed by atoms with Crippen LogP contribution in [0.15, 0.2) is 30.6 Å². The molecule has 1 unspecified atom stereocenters. The number of amides is 2. The standard InChI is InChI=1S/C15H17N5O3/c1-23-15(22)19-12-5-3-2-4-11(12)14(21)18-10-6-7-13-16-9-17-20(13)8-10/h2-5,9-10H,6-8H2,1H3,(H,18,21)(H,19,22). The highest BCUT2D eigenvalue weighted by molar-refractivity contribution is 6.02. The molecule has 0 aliphatic carbocycles. The van der Waals surface area contributed by atoms with E-state index < -0.39 is 6.09 Å². The third kappa shape index (κ3) is 3.31. The number of ether oxygens (including phenoxy) is 1. The molecule has 1 aromatic carbocycles. The second-order valence-corrected chi connectivity index (χ2v) is 5.23. The Morgan fingerprint density at radius 2 is 2.17 bits per heavy atom. The Morgan fingerprint density at radius 1 is 1.35 bits per heavy atom. The number of nitrogens with one attached hydrogen (secondary N) is 2. The van der Waals surface area contributed by atoms with E-state index in [1.165, 1.54) is 13.4 Å². The van der Waals surface area contributed by atoms with Crippen LogP contribution in [0.4, 0.5) is 10.5 Å². The molecule has 1 aromatic heterocycles. The van der Waals surface area contributed by atoms with Gasteiger partial charge in [-0.2, -0.15) is 5.10 Å². The predicted octanol–water partition coefficient (Wildman–Crippen LogP) is 1.20. The third-order valence-corrected chi connectivity index (χ3v) is 3.73. The third-order valence-electron chi connectivity index (χ3n) is 3.73. The minimum atomic E-state index is -0.616. The summed E-state index contributed by atoms with van der Waals surface area (Å²) < 4.78 is 6.37. The average molecular weight is 315 g/mol. The lowest BCUT2D eigenvalue weighted by atomic mass is 10.1. The lowest BCUT2D eigenvalue weighted by molar-refractivity contribution is 0.0927. The molecular weight excluding hydrogens is 298 g/mol. The average Bonchev–Trinajstić information content (AvgIpc) is 3.02. The van der Waals surface area contributed by atoms with Crippen LogP contribution in [0.25, 0.3) is 0 Å². The molecule has 0 radical (unpaired) electrons. The second kappa shape index (κ2) is 6.47. The molecule has 8 heteroatoms. The Labute approximate surface area is 132 Å². The molecule has 0 saturated carbocycles. The number of hydrogen-bond donors (Lipinski definition) is 2. The molecule has 3 rings (SSSR count). The van der Waals surface area contributed by atoms with Crippen LogP contribution in [0.5, 0.6) is 0 Å². The molecule has 2 aromatic rings. The van der Waals surface area contributed by atoms with Crippen molar-refractivity contribution in [3.8, 4) is 0 Å². The molecule has 2 amide bonds. The van der Waals surface area contributed by atoms with Gasteiger partial charge in [-0.1, -0.05) is 12.1 Å². The smallest absolute Gasteiger partial charge is 0.411 e. The van der Waals surface area contributed by atoms with E-state index in [-0.39, 0.29) is 11.9 Å². The summed E-state index contributed by atoms with van der Waals surface area (Å²) in [6, 6.07) is 6.77. The summed E-state index contributed by atoms with van der Waals surface area (Å²) in [6.45, 7) is 0.591. The monoisotopic (exact) mass is 315 g/mol. The lowest BCUT2D eigenvalue weighted by Crippen LogP contribution is -2.41. The lowest BCUT2D eigenvalue weighted by Gasteiger charge is -2.24. The number of anilines is 1. The molecule has 0 fully saturated rings. The number of methoxy groups -OCH3 is 1. The number of aromatic nitrogens is 3. The number of benzene rings is 1. The van der Waals surface area contributed by atoms with Crippen LogP contribution in [0, 0.1) is 0 Å². The highest BCUT2D eigenvalue weighted by atomic mass is 16.5. The van der Waals surface area contributed by atoms with Gasteiger partial charge in [0.25, 0.3) is 5.91 Å². The summed E-state index contributed by atoms with van der Waals surface area (Å²) >= 11 is 0. The van der Waals surface area contributed by atoms with Crippen molar-refractivity contribution < 1.29 is 14.3 Å². The summed E-state index contributed by atoms with van der Waals surface area (Å²) in [5, 5.41) is 9.65. The number of carbonyl (C=O) groups is 2. The van der Waals surface area contributed by atoms with Crippen molar-refractivity contribution >= 4 is 17.7 Å². The van der Waals surface area contributed by atoms with E-state index in [4.69, 9.17) is 0 Å². The maximum absolute atomic E-state index is 12.5.